The molecule has 0 nitrogen and oxygen atoms in total. The zero-order valence-electron chi connectivity index (χ0n) is 9.60. The summed E-state index contributed by atoms with van der Waals surface area (Å²) in [5.41, 5.74) is 3.17. The third-order valence-corrected chi connectivity index (χ3v) is 2.22. The van der Waals surface area contributed by atoms with E-state index in [1.165, 1.54) is 44.9 Å². The highest BCUT2D eigenvalue weighted by atomic mass is 13.9. The smallest absolute Gasteiger partial charge is 0.00957 e. The fraction of sp³-hybridized carbons (Fsp3) is 0.643. The number of hydrogen-bond acceptors (Lipinski definition) is 0. The molecule has 0 amide bonds. The average molecular weight is 192 g/mol. The molecule has 0 rings (SSSR count). The molecule has 0 aliphatic heterocycles. The molecule has 0 saturated heterocycles. The molecule has 0 aromatic carbocycles. The number of rotatable bonds is 9. The second-order valence-electron chi connectivity index (χ2n) is 3.66. The second kappa shape index (κ2) is 12.3. The maximum absolute atomic E-state index is 3.65. The second-order valence-corrected chi connectivity index (χ2v) is 3.66. The lowest BCUT2D eigenvalue weighted by Crippen LogP contribution is -1.77. The highest BCUT2D eigenvalue weighted by molar-refractivity contribution is 4.89. The van der Waals surface area contributed by atoms with E-state index in [0.717, 1.165) is 6.42 Å². The van der Waals surface area contributed by atoms with Gasteiger partial charge in [0.2, 0.25) is 0 Å². The van der Waals surface area contributed by atoms with Crippen LogP contribution in [0.3, 0.4) is 0 Å². The minimum atomic E-state index is 0.938. The van der Waals surface area contributed by atoms with Gasteiger partial charge in [0.1, 0.15) is 0 Å². The lowest BCUT2D eigenvalue weighted by atomic mass is 10.1. The first-order chi connectivity index (χ1) is 6.91. The van der Waals surface area contributed by atoms with Crippen LogP contribution in [0.15, 0.2) is 30.5 Å². The molecule has 0 unspecified atom stereocenters. The molecular weight excluding hydrogens is 168 g/mol. The fourth-order valence-electron chi connectivity index (χ4n) is 1.34. The number of allylic oxidation sites excluding steroid dienone is 2. The van der Waals surface area contributed by atoms with Crippen molar-refractivity contribution >= 4 is 0 Å². The molecule has 0 spiro atoms. The van der Waals surface area contributed by atoms with E-state index in [2.05, 4.69) is 25.3 Å². The zero-order chi connectivity index (χ0) is 10.5. The van der Waals surface area contributed by atoms with E-state index in [1.807, 2.05) is 12.2 Å². The van der Waals surface area contributed by atoms with Crippen molar-refractivity contribution in [2.45, 2.75) is 58.3 Å². The molecule has 0 aliphatic carbocycles. The normalized spacial score (nSPS) is 9.21. The third-order valence-electron chi connectivity index (χ3n) is 2.22. The van der Waals surface area contributed by atoms with Gasteiger partial charge in [0.25, 0.3) is 0 Å². The van der Waals surface area contributed by atoms with Gasteiger partial charge in [0.15, 0.2) is 0 Å². The molecule has 0 atom stereocenters. The van der Waals surface area contributed by atoms with E-state index in [9.17, 15) is 0 Å². The monoisotopic (exact) mass is 192 g/mol. The van der Waals surface area contributed by atoms with Crippen molar-refractivity contribution in [3.63, 3.8) is 0 Å². The van der Waals surface area contributed by atoms with E-state index in [1.54, 1.807) is 0 Å². The first kappa shape index (κ1) is 13.3. The quantitative estimate of drug-likeness (QED) is 0.273. The molecule has 80 valence electrons. The van der Waals surface area contributed by atoms with Crippen LogP contribution in [-0.4, -0.2) is 0 Å². The van der Waals surface area contributed by atoms with Crippen molar-refractivity contribution in [1.29, 1.82) is 0 Å². The van der Waals surface area contributed by atoms with Crippen LogP contribution in [0.1, 0.15) is 58.3 Å². The molecule has 0 fully saturated rings. The van der Waals surface area contributed by atoms with E-state index >= 15 is 0 Å². The molecule has 0 aliphatic rings. The Balaban J connectivity index is 3.12. The molecule has 0 N–H and O–H groups in total. The Bertz CT molecular complexity index is 170. The van der Waals surface area contributed by atoms with Crippen LogP contribution < -0.4 is 0 Å². The number of unbranched alkanes of at least 4 members (excludes halogenated alkanes) is 6. The van der Waals surface area contributed by atoms with Crippen LogP contribution in [0.4, 0.5) is 0 Å². The molecule has 0 saturated carbocycles. The Hall–Kier alpha value is -0.740. The topological polar surface area (TPSA) is 0 Å². The minimum absolute atomic E-state index is 0.938. The van der Waals surface area contributed by atoms with Gasteiger partial charge in [-0.15, -0.1) is 12.3 Å². The van der Waals surface area contributed by atoms with Crippen molar-refractivity contribution in [1.82, 2.24) is 0 Å². The van der Waals surface area contributed by atoms with E-state index in [4.69, 9.17) is 0 Å². The van der Waals surface area contributed by atoms with Gasteiger partial charge in [-0.1, -0.05) is 45.1 Å². The predicted octanol–water partition coefficient (Wildman–Crippen LogP) is 5.02. The summed E-state index contributed by atoms with van der Waals surface area (Å²) >= 11 is 0. The summed E-state index contributed by atoms with van der Waals surface area (Å²) in [4.78, 5) is 0. The predicted molar refractivity (Wildman–Crippen MR) is 65.5 cm³/mol. The van der Waals surface area contributed by atoms with Crippen molar-refractivity contribution in [2.24, 2.45) is 0 Å². The Morgan fingerprint density at radius 1 is 1.00 bits per heavy atom. The van der Waals surface area contributed by atoms with Crippen molar-refractivity contribution < 1.29 is 0 Å². The van der Waals surface area contributed by atoms with Gasteiger partial charge >= 0.3 is 0 Å². The van der Waals surface area contributed by atoms with E-state index in [0.29, 0.717) is 0 Å². The van der Waals surface area contributed by atoms with Gasteiger partial charge in [0.05, 0.1) is 0 Å². The van der Waals surface area contributed by atoms with Gasteiger partial charge in [-0.2, -0.15) is 0 Å². The molecule has 0 heteroatoms. The Kier molecular flexibility index (Phi) is 11.6. The largest absolute Gasteiger partial charge is 0.129 e. The van der Waals surface area contributed by atoms with E-state index in [-0.39, 0.29) is 0 Å². The van der Waals surface area contributed by atoms with Crippen molar-refractivity contribution in [3.05, 3.63) is 30.5 Å². The highest BCUT2D eigenvalue weighted by Crippen LogP contribution is 2.06. The van der Waals surface area contributed by atoms with Crippen molar-refractivity contribution in [3.8, 4) is 0 Å². The fourth-order valence-corrected chi connectivity index (χ4v) is 1.34. The third kappa shape index (κ3) is 11.3. The summed E-state index contributed by atoms with van der Waals surface area (Å²) in [5.74, 6) is 0. The van der Waals surface area contributed by atoms with Gasteiger partial charge in [-0.25, -0.2) is 0 Å². The van der Waals surface area contributed by atoms with Crippen LogP contribution in [0.2, 0.25) is 0 Å². The molecule has 0 radical (unpaired) electrons. The lowest BCUT2D eigenvalue weighted by molar-refractivity contribution is 0.611. The number of hydrogen-bond donors (Lipinski definition) is 0. The first-order valence-electron chi connectivity index (χ1n) is 5.92. The standard InChI is InChI=1S/C14H24/c1-3-5-7-9-11-13-14-12-10-8-6-4-2/h3,7,11H,1,4-6,8,10,12-14H2,2H3. The molecule has 0 bridgehead atoms. The van der Waals surface area contributed by atoms with Gasteiger partial charge in [-0.3, -0.25) is 0 Å². The molecular formula is C14H24. The summed E-state index contributed by atoms with van der Waals surface area (Å²) in [5, 5.41) is 0. The van der Waals surface area contributed by atoms with Gasteiger partial charge < -0.3 is 0 Å². The lowest BCUT2D eigenvalue weighted by Gasteiger charge is -1.96. The Morgan fingerprint density at radius 2 is 1.71 bits per heavy atom. The van der Waals surface area contributed by atoms with Crippen LogP contribution in [0, 0.1) is 0 Å². The first-order valence-corrected chi connectivity index (χ1v) is 5.92. The highest BCUT2D eigenvalue weighted by Gasteiger charge is 1.87. The SMILES string of the molecule is C=CCC=C=CCCCCCCCC. The van der Waals surface area contributed by atoms with Crippen LogP contribution in [0.5, 0.6) is 0 Å². The molecule has 0 aromatic rings. The average Bonchev–Trinajstić information content (AvgIpc) is 2.21. The van der Waals surface area contributed by atoms with Gasteiger partial charge in [-0.05, 0) is 31.4 Å². The van der Waals surface area contributed by atoms with Crippen LogP contribution in [0.25, 0.3) is 0 Å². The van der Waals surface area contributed by atoms with E-state index < -0.39 is 0 Å². The van der Waals surface area contributed by atoms with Crippen LogP contribution >= 0.6 is 0 Å². The summed E-state index contributed by atoms with van der Waals surface area (Å²) in [6.07, 6.45) is 16.4. The summed E-state index contributed by atoms with van der Waals surface area (Å²) in [7, 11) is 0. The van der Waals surface area contributed by atoms with Crippen LogP contribution in [-0.2, 0) is 0 Å². The van der Waals surface area contributed by atoms with Crippen molar-refractivity contribution in [2.75, 3.05) is 0 Å². The Morgan fingerprint density at radius 3 is 2.43 bits per heavy atom. The minimum Gasteiger partial charge on any atom is -0.129 e. The molecule has 0 aromatic heterocycles. The summed E-state index contributed by atoms with van der Waals surface area (Å²) in [6.45, 7) is 5.91. The summed E-state index contributed by atoms with van der Waals surface area (Å²) < 4.78 is 0. The molecule has 14 heavy (non-hydrogen) atoms. The molecule has 0 heterocycles. The summed E-state index contributed by atoms with van der Waals surface area (Å²) in [6, 6.07) is 0. The zero-order valence-corrected chi connectivity index (χ0v) is 9.60. The van der Waals surface area contributed by atoms with Gasteiger partial charge in [0, 0.05) is 0 Å². The maximum Gasteiger partial charge on any atom is -0.00957 e. The maximum atomic E-state index is 3.65. The Labute approximate surface area is 89.4 Å².